The molecular formula is C18H20ClN3O2. The summed E-state index contributed by atoms with van der Waals surface area (Å²) in [5, 5.41) is 13.2. The average Bonchev–Trinajstić information content (AvgIpc) is 2.93. The van der Waals surface area contributed by atoms with Crippen LogP contribution in [0.4, 0.5) is 0 Å². The molecule has 1 fully saturated rings. The summed E-state index contributed by atoms with van der Waals surface area (Å²) in [6, 6.07) is 15.2. The Kier molecular flexibility index (Phi) is 5.45. The quantitative estimate of drug-likeness (QED) is 0.814. The number of aromatic nitrogens is 1. The summed E-state index contributed by atoms with van der Waals surface area (Å²) in [7, 11) is 0. The Morgan fingerprint density at radius 3 is 2.79 bits per heavy atom. The van der Waals surface area contributed by atoms with E-state index in [1.54, 1.807) is 18.2 Å². The van der Waals surface area contributed by atoms with E-state index in [0.29, 0.717) is 30.4 Å². The fourth-order valence-electron chi connectivity index (χ4n) is 3.02. The monoisotopic (exact) mass is 345 g/mol. The third-order valence-electron chi connectivity index (χ3n) is 4.18. The van der Waals surface area contributed by atoms with Gasteiger partial charge in [0.1, 0.15) is 10.8 Å². The van der Waals surface area contributed by atoms with Crippen LogP contribution in [-0.2, 0) is 6.54 Å². The van der Waals surface area contributed by atoms with Crippen molar-refractivity contribution >= 4 is 17.5 Å². The molecule has 1 aliphatic heterocycles. The van der Waals surface area contributed by atoms with Gasteiger partial charge in [-0.3, -0.25) is 9.69 Å². The highest BCUT2D eigenvalue weighted by atomic mass is 35.5. The number of pyridine rings is 1. The van der Waals surface area contributed by atoms with Crippen LogP contribution in [0.15, 0.2) is 48.5 Å². The van der Waals surface area contributed by atoms with Crippen molar-refractivity contribution in [3.05, 3.63) is 64.9 Å². The van der Waals surface area contributed by atoms with Crippen LogP contribution in [0.1, 0.15) is 22.5 Å². The summed E-state index contributed by atoms with van der Waals surface area (Å²) in [6.45, 7) is 1.84. The fraction of sp³-hybridized carbons (Fsp3) is 0.333. The minimum Gasteiger partial charge on any atom is -0.392 e. The van der Waals surface area contributed by atoms with Gasteiger partial charge in [-0.15, -0.1) is 0 Å². The van der Waals surface area contributed by atoms with Gasteiger partial charge in [0.2, 0.25) is 0 Å². The Hall–Kier alpha value is -1.95. The molecule has 2 N–H and O–H groups in total. The van der Waals surface area contributed by atoms with Crippen molar-refractivity contribution < 1.29 is 9.90 Å². The second kappa shape index (κ2) is 7.75. The molecule has 1 saturated heterocycles. The number of β-amino-alcohol motifs (C(OH)–C–C–N with tert-alkyl or cyclic N) is 1. The normalized spacial score (nSPS) is 20.9. The Bertz CT molecular complexity index is 696. The predicted octanol–water partition coefficient (Wildman–Crippen LogP) is 2.10. The number of halogens is 1. The molecule has 5 nitrogen and oxygen atoms in total. The van der Waals surface area contributed by atoms with E-state index in [4.69, 9.17) is 11.6 Å². The van der Waals surface area contributed by atoms with Crippen molar-refractivity contribution in [1.29, 1.82) is 0 Å². The fourth-order valence-corrected chi connectivity index (χ4v) is 3.18. The van der Waals surface area contributed by atoms with Crippen LogP contribution in [-0.4, -0.2) is 46.1 Å². The Balaban J connectivity index is 1.59. The zero-order valence-corrected chi connectivity index (χ0v) is 14.0. The summed E-state index contributed by atoms with van der Waals surface area (Å²) in [6.07, 6.45) is 0.288. The highest BCUT2D eigenvalue weighted by molar-refractivity contribution is 6.29. The number of aliphatic hydroxyl groups is 1. The molecule has 0 saturated carbocycles. The van der Waals surface area contributed by atoms with Crippen molar-refractivity contribution in [3.8, 4) is 0 Å². The van der Waals surface area contributed by atoms with E-state index in [1.165, 1.54) is 5.56 Å². The van der Waals surface area contributed by atoms with Crippen LogP contribution in [0.5, 0.6) is 0 Å². The van der Waals surface area contributed by atoms with Crippen molar-refractivity contribution in [2.24, 2.45) is 0 Å². The number of rotatable bonds is 5. The number of nitrogens with zero attached hydrogens (tertiary/aromatic N) is 2. The Morgan fingerprint density at radius 2 is 2.04 bits per heavy atom. The molecule has 0 spiro atoms. The maximum absolute atomic E-state index is 12.2. The molecule has 1 aromatic carbocycles. The number of nitrogens with one attached hydrogen (secondary N) is 1. The summed E-state index contributed by atoms with van der Waals surface area (Å²) >= 11 is 5.82. The lowest BCUT2D eigenvalue weighted by atomic mass is 10.1. The van der Waals surface area contributed by atoms with Crippen LogP contribution in [0, 0.1) is 0 Å². The highest BCUT2D eigenvalue weighted by Gasteiger charge is 2.31. The number of hydrogen-bond donors (Lipinski definition) is 2. The lowest BCUT2D eigenvalue weighted by Crippen LogP contribution is -2.40. The molecule has 1 amide bonds. The molecule has 0 radical (unpaired) electrons. The number of hydrogen-bond acceptors (Lipinski definition) is 4. The maximum atomic E-state index is 12.2. The molecule has 0 aliphatic carbocycles. The van der Waals surface area contributed by atoms with Crippen molar-refractivity contribution in [2.45, 2.75) is 25.1 Å². The van der Waals surface area contributed by atoms with Gasteiger partial charge in [-0.05, 0) is 24.1 Å². The predicted molar refractivity (Wildman–Crippen MR) is 92.8 cm³/mol. The summed E-state index contributed by atoms with van der Waals surface area (Å²) < 4.78 is 0. The molecule has 126 valence electrons. The Labute approximate surface area is 146 Å². The van der Waals surface area contributed by atoms with E-state index in [2.05, 4.69) is 27.3 Å². The van der Waals surface area contributed by atoms with Crippen molar-refractivity contribution in [2.75, 3.05) is 13.1 Å². The number of amides is 1. The van der Waals surface area contributed by atoms with Crippen LogP contribution in [0.25, 0.3) is 0 Å². The van der Waals surface area contributed by atoms with E-state index < -0.39 is 0 Å². The molecule has 0 bridgehead atoms. The van der Waals surface area contributed by atoms with Crippen LogP contribution < -0.4 is 5.32 Å². The van der Waals surface area contributed by atoms with Gasteiger partial charge in [-0.2, -0.15) is 0 Å². The maximum Gasteiger partial charge on any atom is 0.269 e. The van der Waals surface area contributed by atoms with Gasteiger partial charge in [0.05, 0.1) is 6.10 Å². The van der Waals surface area contributed by atoms with Crippen LogP contribution >= 0.6 is 11.6 Å². The third kappa shape index (κ3) is 4.32. The largest absolute Gasteiger partial charge is 0.392 e. The van der Waals surface area contributed by atoms with E-state index in [0.717, 1.165) is 6.54 Å². The molecule has 2 atom stereocenters. The summed E-state index contributed by atoms with van der Waals surface area (Å²) in [5.41, 5.74) is 1.50. The molecule has 2 heterocycles. The molecule has 2 unspecified atom stereocenters. The molecule has 6 heteroatoms. The summed E-state index contributed by atoms with van der Waals surface area (Å²) in [5.74, 6) is -0.251. The first-order chi connectivity index (χ1) is 11.6. The van der Waals surface area contributed by atoms with Crippen molar-refractivity contribution in [1.82, 2.24) is 15.2 Å². The van der Waals surface area contributed by atoms with Gasteiger partial charge in [-0.1, -0.05) is 48.0 Å². The topological polar surface area (TPSA) is 65.5 Å². The molecule has 3 rings (SSSR count). The van der Waals surface area contributed by atoms with Gasteiger partial charge in [0.25, 0.3) is 5.91 Å². The lowest BCUT2D eigenvalue weighted by Gasteiger charge is -2.24. The third-order valence-corrected chi connectivity index (χ3v) is 4.39. The van der Waals surface area contributed by atoms with E-state index >= 15 is 0 Å². The van der Waals surface area contributed by atoms with E-state index in [-0.39, 0.29) is 18.1 Å². The minimum absolute atomic E-state index is 0.100. The second-order valence-electron chi connectivity index (χ2n) is 6.01. The van der Waals surface area contributed by atoms with E-state index in [9.17, 15) is 9.90 Å². The smallest absolute Gasteiger partial charge is 0.269 e. The minimum atomic E-state index is -0.361. The molecular weight excluding hydrogens is 326 g/mol. The number of carbonyl (C=O) groups is 1. The number of aliphatic hydroxyl groups excluding tert-OH is 1. The standard InChI is InChI=1S/C18H20ClN3O2/c19-17-8-4-7-16(21-17)18(24)20-10-14-9-15(23)12-22(14)11-13-5-2-1-3-6-13/h1-8,14-15,23H,9-12H2,(H,20,24). The van der Waals surface area contributed by atoms with Gasteiger partial charge in [0, 0.05) is 25.7 Å². The van der Waals surface area contributed by atoms with Gasteiger partial charge in [-0.25, -0.2) is 4.98 Å². The van der Waals surface area contributed by atoms with Crippen LogP contribution in [0.3, 0.4) is 0 Å². The van der Waals surface area contributed by atoms with Gasteiger partial charge in [0.15, 0.2) is 0 Å². The first kappa shape index (κ1) is 16.9. The second-order valence-corrected chi connectivity index (χ2v) is 6.40. The highest BCUT2D eigenvalue weighted by Crippen LogP contribution is 2.20. The zero-order chi connectivity index (χ0) is 16.9. The van der Waals surface area contributed by atoms with Crippen LogP contribution in [0.2, 0.25) is 5.15 Å². The molecule has 24 heavy (non-hydrogen) atoms. The summed E-state index contributed by atoms with van der Waals surface area (Å²) in [4.78, 5) is 18.4. The van der Waals surface area contributed by atoms with Gasteiger partial charge >= 0.3 is 0 Å². The molecule has 1 aromatic heterocycles. The van der Waals surface area contributed by atoms with E-state index in [1.807, 2.05) is 18.2 Å². The number of likely N-dealkylation sites (tertiary alicyclic amines) is 1. The zero-order valence-electron chi connectivity index (χ0n) is 13.2. The first-order valence-corrected chi connectivity index (χ1v) is 8.36. The molecule has 1 aliphatic rings. The van der Waals surface area contributed by atoms with Crippen molar-refractivity contribution in [3.63, 3.8) is 0 Å². The van der Waals surface area contributed by atoms with Gasteiger partial charge < -0.3 is 10.4 Å². The Morgan fingerprint density at radius 1 is 1.25 bits per heavy atom. The molecule has 2 aromatic rings. The SMILES string of the molecule is O=C(NCC1CC(O)CN1Cc1ccccc1)c1cccc(Cl)n1. The first-order valence-electron chi connectivity index (χ1n) is 7.98. The average molecular weight is 346 g/mol. The number of benzene rings is 1. The number of carbonyl (C=O) groups excluding carboxylic acids is 1. The lowest BCUT2D eigenvalue weighted by molar-refractivity contribution is 0.0935.